The Morgan fingerprint density at radius 3 is 2.38 bits per heavy atom. The highest BCUT2D eigenvalue weighted by atomic mass is 16.2. The van der Waals surface area contributed by atoms with Crippen molar-refractivity contribution in [1.29, 1.82) is 0 Å². The lowest BCUT2D eigenvalue weighted by Crippen LogP contribution is -2.38. The maximum Gasteiger partial charge on any atom is 0.220 e. The Bertz CT molecular complexity index is 206. The van der Waals surface area contributed by atoms with Crippen LogP contribution in [0.15, 0.2) is 0 Å². The molecule has 1 saturated heterocycles. The van der Waals surface area contributed by atoms with Crippen LogP contribution in [0.2, 0.25) is 0 Å². The van der Waals surface area contributed by atoms with Crippen LogP contribution in [0.4, 0.5) is 0 Å². The number of rotatable bonds is 2. The highest BCUT2D eigenvalue weighted by Gasteiger charge is 2.35. The number of carbonyl (C=O) groups excluding carboxylic acids is 2. The van der Waals surface area contributed by atoms with Crippen molar-refractivity contribution >= 4 is 11.7 Å². The molecule has 4 nitrogen and oxygen atoms in total. The minimum absolute atomic E-state index is 0.0313. The zero-order valence-electron chi connectivity index (χ0n) is 8.12. The normalized spacial score (nSPS) is 27.8. The second kappa shape index (κ2) is 3.87. The molecule has 1 amide bonds. The van der Waals surface area contributed by atoms with Gasteiger partial charge >= 0.3 is 0 Å². The summed E-state index contributed by atoms with van der Waals surface area (Å²) < 4.78 is 0. The molecular weight excluding hydrogens is 168 g/mol. The number of carbonyl (C=O) groups is 2. The molecule has 1 rings (SSSR count). The van der Waals surface area contributed by atoms with Crippen molar-refractivity contribution in [2.45, 2.75) is 26.3 Å². The van der Waals surface area contributed by atoms with Crippen LogP contribution in [0.25, 0.3) is 0 Å². The number of hydrogen-bond donors (Lipinski definition) is 1. The predicted octanol–water partition coefficient (Wildman–Crippen LogP) is -0.229. The third-order valence-corrected chi connectivity index (χ3v) is 2.59. The van der Waals surface area contributed by atoms with Crippen LogP contribution >= 0.6 is 0 Å². The van der Waals surface area contributed by atoms with E-state index in [0.717, 1.165) is 6.42 Å². The summed E-state index contributed by atoms with van der Waals surface area (Å²) in [6.45, 7) is 4.21. The minimum Gasteiger partial charge on any atom is -0.333 e. The molecule has 0 spiro atoms. The molecule has 0 radical (unpaired) electrons. The Morgan fingerprint density at radius 2 is 2.08 bits per heavy atom. The lowest BCUT2D eigenvalue weighted by Gasteiger charge is -2.20. The van der Waals surface area contributed by atoms with Crippen molar-refractivity contribution < 1.29 is 9.59 Å². The molecular formula is C9H16N2O2. The monoisotopic (exact) mass is 184 g/mol. The lowest BCUT2D eigenvalue weighted by atomic mass is 10.0. The number of Topliss-reactive ketones (excluding diaryl/α,β-unsaturated/α-hetero) is 1. The zero-order valence-corrected chi connectivity index (χ0v) is 8.12. The average molecular weight is 184 g/mol. The molecule has 0 aromatic heterocycles. The van der Waals surface area contributed by atoms with Gasteiger partial charge in [-0.15, -0.1) is 0 Å². The summed E-state index contributed by atoms with van der Waals surface area (Å²) in [4.78, 5) is 24.0. The van der Waals surface area contributed by atoms with E-state index in [1.807, 2.05) is 0 Å². The van der Waals surface area contributed by atoms with E-state index < -0.39 is 0 Å². The molecule has 2 atom stereocenters. The van der Waals surface area contributed by atoms with E-state index >= 15 is 0 Å². The Morgan fingerprint density at radius 1 is 1.46 bits per heavy atom. The topological polar surface area (TPSA) is 63.4 Å². The van der Waals surface area contributed by atoms with Crippen LogP contribution in [-0.2, 0) is 9.59 Å². The molecule has 1 fully saturated rings. The Balaban J connectivity index is 2.71. The van der Waals surface area contributed by atoms with Gasteiger partial charge in [0.2, 0.25) is 5.91 Å². The van der Waals surface area contributed by atoms with Gasteiger partial charge in [0.25, 0.3) is 0 Å². The molecule has 1 unspecified atom stereocenters. The van der Waals surface area contributed by atoms with Gasteiger partial charge in [-0.2, -0.15) is 0 Å². The van der Waals surface area contributed by atoms with Crippen molar-refractivity contribution in [2.24, 2.45) is 11.7 Å². The maximum atomic E-state index is 11.2. The van der Waals surface area contributed by atoms with Gasteiger partial charge < -0.3 is 10.6 Å². The maximum absolute atomic E-state index is 11.2. The molecule has 0 saturated carbocycles. The van der Waals surface area contributed by atoms with Gasteiger partial charge in [-0.25, -0.2) is 0 Å². The molecule has 2 N–H and O–H groups in total. The fourth-order valence-corrected chi connectivity index (χ4v) is 1.83. The van der Waals surface area contributed by atoms with Gasteiger partial charge in [-0.3, -0.25) is 9.59 Å². The van der Waals surface area contributed by atoms with Crippen LogP contribution < -0.4 is 5.73 Å². The quantitative estimate of drug-likeness (QED) is 0.645. The number of amides is 1. The van der Waals surface area contributed by atoms with E-state index in [-0.39, 0.29) is 23.7 Å². The SMILES string of the molecule is CC(=O)[C@@H]1CC(CN)CN1C(C)=O. The Kier molecular flexibility index (Phi) is 3.03. The van der Waals surface area contributed by atoms with Crippen molar-refractivity contribution in [3.8, 4) is 0 Å². The van der Waals surface area contributed by atoms with Gasteiger partial charge in [-0.1, -0.05) is 0 Å². The first-order valence-electron chi connectivity index (χ1n) is 4.54. The van der Waals surface area contributed by atoms with E-state index in [1.165, 1.54) is 13.8 Å². The van der Waals surface area contributed by atoms with Crippen LogP contribution in [0.5, 0.6) is 0 Å². The largest absolute Gasteiger partial charge is 0.333 e. The molecule has 0 bridgehead atoms. The molecule has 74 valence electrons. The van der Waals surface area contributed by atoms with E-state index in [1.54, 1.807) is 4.90 Å². The average Bonchev–Trinajstić information content (AvgIpc) is 2.47. The summed E-state index contributed by atoms with van der Waals surface area (Å²) in [5.74, 6) is 0.320. The van der Waals surface area contributed by atoms with Crippen molar-refractivity contribution in [3.05, 3.63) is 0 Å². The van der Waals surface area contributed by atoms with Crippen LogP contribution in [0, 0.1) is 5.92 Å². The zero-order chi connectivity index (χ0) is 10.0. The molecule has 1 heterocycles. The summed E-state index contributed by atoms with van der Waals surface area (Å²) in [7, 11) is 0. The van der Waals surface area contributed by atoms with Gasteiger partial charge in [0, 0.05) is 13.5 Å². The van der Waals surface area contributed by atoms with Crippen LogP contribution in [0.3, 0.4) is 0 Å². The molecule has 4 heteroatoms. The standard InChI is InChI=1S/C9H16N2O2/c1-6(12)9-3-8(4-10)5-11(9)7(2)13/h8-9H,3-5,10H2,1-2H3/t8?,9-/m0/s1. The van der Waals surface area contributed by atoms with E-state index in [2.05, 4.69) is 0 Å². The second-order valence-corrected chi connectivity index (χ2v) is 3.64. The highest BCUT2D eigenvalue weighted by molar-refractivity contribution is 5.87. The molecule has 0 aliphatic carbocycles. The third-order valence-electron chi connectivity index (χ3n) is 2.59. The summed E-state index contributed by atoms with van der Waals surface area (Å²) in [5.41, 5.74) is 5.51. The van der Waals surface area contributed by atoms with E-state index in [4.69, 9.17) is 5.73 Å². The van der Waals surface area contributed by atoms with Crippen LogP contribution in [0.1, 0.15) is 20.3 Å². The number of likely N-dealkylation sites (tertiary alicyclic amines) is 1. The van der Waals surface area contributed by atoms with Gasteiger partial charge in [0.05, 0.1) is 6.04 Å². The number of ketones is 1. The first kappa shape index (κ1) is 10.2. The predicted molar refractivity (Wildman–Crippen MR) is 49.0 cm³/mol. The van der Waals surface area contributed by atoms with Crippen molar-refractivity contribution in [1.82, 2.24) is 4.90 Å². The molecule has 0 aromatic carbocycles. The number of nitrogens with zero attached hydrogens (tertiary/aromatic N) is 1. The molecule has 1 aliphatic heterocycles. The number of nitrogens with two attached hydrogens (primary N) is 1. The fraction of sp³-hybridized carbons (Fsp3) is 0.778. The van der Waals surface area contributed by atoms with Crippen molar-refractivity contribution in [2.75, 3.05) is 13.1 Å². The van der Waals surface area contributed by atoms with Crippen LogP contribution in [-0.4, -0.2) is 35.7 Å². The Hall–Kier alpha value is -0.900. The molecule has 0 aromatic rings. The summed E-state index contributed by atoms with van der Waals surface area (Å²) in [6, 6.07) is -0.231. The summed E-state index contributed by atoms with van der Waals surface area (Å²) in [5, 5.41) is 0. The van der Waals surface area contributed by atoms with Gasteiger partial charge in [-0.05, 0) is 25.8 Å². The smallest absolute Gasteiger partial charge is 0.220 e. The summed E-state index contributed by atoms with van der Waals surface area (Å²) >= 11 is 0. The first-order valence-corrected chi connectivity index (χ1v) is 4.54. The second-order valence-electron chi connectivity index (χ2n) is 3.64. The minimum atomic E-state index is -0.231. The third kappa shape index (κ3) is 2.06. The van der Waals surface area contributed by atoms with E-state index in [0.29, 0.717) is 13.1 Å². The first-order chi connectivity index (χ1) is 6.06. The lowest BCUT2D eigenvalue weighted by molar-refractivity contribution is -0.135. The van der Waals surface area contributed by atoms with Gasteiger partial charge in [0.15, 0.2) is 5.78 Å². The Labute approximate surface area is 78.1 Å². The molecule has 13 heavy (non-hydrogen) atoms. The van der Waals surface area contributed by atoms with E-state index in [9.17, 15) is 9.59 Å². The van der Waals surface area contributed by atoms with Crippen molar-refractivity contribution in [3.63, 3.8) is 0 Å². The number of hydrogen-bond acceptors (Lipinski definition) is 3. The molecule has 1 aliphatic rings. The van der Waals surface area contributed by atoms with Gasteiger partial charge in [0.1, 0.15) is 0 Å². The highest BCUT2D eigenvalue weighted by Crippen LogP contribution is 2.22. The summed E-state index contributed by atoms with van der Waals surface area (Å²) in [6.07, 6.45) is 0.728. The fourth-order valence-electron chi connectivity index (χ4n) is 1.83.